The van der Waals surface area contributed by atoms with E-state index in [4.69, 9.17) is 14.2 Å². The van der Waals surface area contributed by atoms with Crippen LogP contribution in [0.3, 0.4) is 0 Å². The Balaban J connectivity index is 2.25. The molecule has 0 aliphatic carbocycles. The maximum absolute atomic E-state index is 14.3. The summed E-state index contributed by atoms with van der Waals surface area (Å²) in [6.45, 7) is -0.558. The highest BCUT2D eigenvalue weighted by Gasteiger charge is 2.35. The molecule has 32 heavy (non-hydrogen) atoms. The monoisotopic (exact) mass is 444 g/mol. The first-order chi connectivity index (χ1) is 15.3. The third kappa shape index (κ3) is 4.18. The lowest BCUT2D eigenvalue weighted by Crippen LogP contribution is -2.39. The van der Waals surface area contributed by atoms with E-state index in [0.717, 1.165) is 37.3 Å². The van der Waals surface area contributed by atoms with Crippen molar-refractivity contribution in [2.45, 2.75) is 0 Å². The van der Waals surface area contributed by atoms with Crippen molar-refractivity contribution in [1.82, 2.24) is 0 Å². The number of carbonyl (C=O) groups is 3. The minimum absolute atomic E-state index is 0.0228. The highest BCUT2D eigenvalue weighted by atomic mass is 19.1. The number of esters is 2. The van der Waals surface area contributed by atoms with Gasteiger partial charge in [0, 0.05) is 12.1 Å². The molecule has 0 radical (unpaired) electrons. The summed E-state index contributed by atoms with van der Waals surface area (Å²) in [5.74, 6) is -3.48. The average Bonchev–Trinajstić information content (AvgIpc) is 2.82. The van der Waals surface area contributed by atoms with Gasteiger partial charge in [0.2, 0.25) is 0 Å². The molecule has 2 aromatic rings. The number of ketones is 1. The second kappa shape index (κ2) is 9.35. The molecule has 166 valence electrons. The molecule has 0 N–H and O–H groups in total. The first kappa shape index (κ1) is 22.6. The quantitative estimate of drug-likeness (QED) is 0.286. The van der Waals surface area contributed by atoms with Gasteiger partial charge in [-0.15, -0.1) is 0 Å². The maximum Gasteiger partial charge on any atom is 0.355 e. The molecule has 0 aromatic heterocycles. The van der Waals surface area contributed by atoms with Crippen LogP contribution in [0.1, 0.15) is 15.9 Å². The molecule has 2 aromatic carbocycles. The minimum Gasteiger partial charge on any atom is -0.466 e. The van der Waals surface area contributed by atoms with Crippen LogP contribution in [0.15, 0.2) is 53.7 Å². The van der Waals surface area contributed by atoms with E-state index >= 15 is 0 Å². The number of rotatable bonds is 6. The Morgan fingerprint density at radius 1 is 1.06 bits per heavy atom. The Morgan fingerprint density at radius 3 is 2.38 bits per heavy atom. The molecular formula is C21H17FN2O8. The molecule has 1 heterocycles. The van der Waals surface area contributed by atoms with Gasteiger partial charge in [0.15, 0.2) is 5.78 Å². The number of carbonyl (C=O) groups excluding carboxylic acids is 3. The molecule has 0 amide bonds. The standard InChI is InChI=1S/C21H17FN2O8/c1-30-20(26)15-10-32-11-23(18(15)21(27)31-2)17-8-7-12(24(28)29)9-14(17)19(25)13-5-3-4-6-16(13)22/h3-9H,10-11H2,1-2H3. The van der Waals surface area contributed by atoms with Crippen LogP contribution in [0.4, 0.5) is 15.8 Å². The van der Waals surface area contributed by atoms with Crippen LogP contribution in [0.25, 0.3) is 0 Å². The molecule has 0 atom stereocenters. The van der Waals surface area contributed by atoms with Crippen LogP contribution in [-0.2, 0) is 23.8 Å². The Kier molecular flexibility index (Phi) is 6.59. The first-order valence-electron chi connectivity index (χ1n) is 9.12. The molecule has 0 unspecified atom stereocenters. The van der Waals surface area contributed by atoms with Gasteiger partial charge in [0.05, 0.1) is 48.1 Å². The second-order valence-corrected chi connectivity index (χ2v) is 6.48. The topological polar surface area (TPSA) is 125 Å². The number of ether oxygens (including phenoxy) is 3. The predicted molar refractivity (Wildman–Crippen MR) is 107 cm³/mol. The zero-order valence-electron chi connectivity index (χ0n) is 17.0. The Hall–Kier alpha value is -4.12. The number of nitrogens with zero attached hydrogens (tertiary/aromatic N) is 2. The van der Waals surface area contributed by atoms with Crippen molar-refractivity contribution in [1.29, 1.82) is 0 Å². The number of methoxy groups -OCH3 is 2. The SMILES string of the molecule is COC(=O)C1=C(C(=O)OC)N(c2ccc([N+](=O)[O-])cc2C(=O)c2ccccc2F)COC1. The van der Waals surface area contributed by atoms with E-state index in [9.17, 15) is 28.9 Å². The van der Waals surface area contributed by atoms with Crippen molar-refractivity contribution < 1.29 is 37.9 Å². The summed E-state index contributed by atoms with van der Waals surface area (Å²) in [7, 11) is 2.21. The molecule has 11 heteroatoms. The molecule has 0 fully saturated rings. The van der Waals surface area contributed by atoms with Gasteiger partial charge in [-0.2, -0.15) is 0 Å². The first-order valence-corrected chi connectivity index (χ1v) is 9.12. The van der Waals surface area contributed by atoms with E-state index in [0.29, 0.717) is 0 Å². The average molecular weight is 444 g/mol. The largest absolute Gasteiger partial charge is 0.466 e. The third-order valence-corrected chi connectivity index (χ3v) is 4.68. The number of nitro benzene ring substituents is 1. The van der Waals surface area contributed by atoms with Crippen molar-refractivity contribution in [3.05, 3.63) is 80.8 Å². The predicted octanol–water partition coefficient (Wildman–Crippen LogP) is 2.36. The number of nitro groups is 1. The van der Waals surface area contributed by atoms with Gasteiger partial charge in [0.1, 0.15) is 18.2 Å². The van der Waals surface area contributed by atoms with E-state index in [1.807, 2.05) is 0 Å². The van der Waals surface area contributed by atoms with E-state index in [-0.39, 0.29) is 41.4 Å². The van der Waals surface area contributed by atoms with Gasteiger partial charge in [-0.25, -0.2) is 14.0 Å². The van der Waals surface area contributed by atoms with Gasteiger partial charge in [-0.3, -0.25) is 14.9 Å². The minimum atomic E-state index is -0.920. The van der Waals surface area contributed by atoms with Crippen molar-refractivity contribution in [3.63, 3.8) is 0 Å². The highest BCUT2D eigenvalue weighted by molar-refractivity contribution is 6.14. The van der Waals surface area contributed by atoms with E-state index in [1.54, 1.807) is 0 Å². The zero-order chi connectivity index (χ0) is 23.4. The van der Waals surface area contributed by atoms with E-state index < -0.39 is 34.1 Å². The van der Waals surface area contributed by atoms with Crippen molar-refractivity contribution >= 4 is 29.1 Å². The number of anilines is 1. The maximum atomic E-state index is 14.3. The lowest BCUT2D eigenvalue weighted by Gasteiger charge is -2.32. The van der Waals surface area contributed by atoms with Crippen LogP contribution in [0.2, 0.25) is 0 Å². The van der Waals surface area contributed by atoms with Crippen LogP contribution >= 0.6 is 0 Å². The fourth-order valence-electron chi connectivity index (χ4n) is 3.18. The van der Waals surface area contributed by atoms with Crippen LogP contribution in [0.5, 0.6) is 0 Å². The molecule has 0 saturated carbocycles. The third-order valence-electron chi connectivity index (χ3n) is 4.68. The molecule has 10 nitrogen and oxygen atoms in total. The Morgan fingerprint density at radius 2 is 1.75 bits per heavy atom. The van der Waals surface area contributed by atoms with E-state index in [2.05, 4.69) is 0 Å². The number of hydrogen-bond donors (Lipinski definition) is 0. The van der Waals surface area contributed by atoms with E-state index in [1.165, 1.54) is 24.3 Å². The molecule has 3 rings (SSSR count). The van der Waals surface area contributed by atoms with Gasteiger partial charge in [0.25, 0.3) is 5.69 Å². The summed E-state index contributed by atoms with van der Waals surface area (Å²) in [5.41, 5.74) is -1.49. The van der Waals surface area contributed by atoms with Gasteiger partial charge in [-0.05, 0) is 18.2 Å². The molecule has 0 saturated heterocycles. The van der Waals surface area contributed by atoms with Crippen LogP contribution < -0.4 is 4.90 Å². The second-order valence-electron chi connectivity index (χ2n) is 6.48. The molecule has 1 aliphatic rings. The van der Waals surface area contributed by atoms with Crippen molar-refractivity contribution in [2.75, 3.05) is 32.5 Å². The summed E-state index contributed by atoms with van der Waals surface area (Å²) in [4.78, 5) is 49.6. The highest BCUT2D eigenvalue weighted by Crippen LogP contribution is 2.33. The van der Waals surface area contributed by atoms with Crippen molar-refractivity contribution in [2.24, 2.45) is 0 Å². The van der Waals surface area contributed by atoms with Crippen LogP contribution in [-0.4, -0.2) is 50.2 Å². The number of hydrogen-bond acceptors (Lipinski definition) is 9. The zero-order valence-corrected chi connectivity index (χ0v) is 17.0. The lowest BCUT2D eigenvalue weighted by atomic mass is 9.99. The van der Waals surface area contributed by atoms with Crippen LogP contribution in [0, 0.1) is 15.9 Å². The van der Waals surface area contributed by atoms with Gasteiger partial charge in [-0.1, -0.05) is 12.1 Å². The fraction of sp³-hybridized carbons (Fsp3) is 0.190. The summed E-state index contributed by atoms with van der Waals surface area (Å²) in [6, 6.07) is 8.40. The lowest BCUT2D eigenvalue weighted by molar-refractivity contribution is -0.384. The summed E-state index contributed by atoms with van der Waals surface area (Å²) in [5, 5.41) is 11.3. The van der Waals surface area contributed by atoms with Gasteiger partial charge < -0.3 is 19.1 Å². The fourth-order valence-corrected chi connectivity index (χ4v) is 3.18. The summed E-state index contributed by atoms with van der Waals surface area (Å²) in [6.07, 6.45) is 0. The molecule has 1 aliphatic heterocycles. The normalized spacial score (nSPS) is 13.5. The van der Waals surface area contributed by atoms with Gasteiger partial charge >= 0.3 is 11.9 Å². The van der Waals surface area contributed by atoms with Crippen molar-refractivity contribution in [3.8, 4) is 0 Å². The Bertz CT molecular complexity index is 1140. The number of non-ortho nitro benzene ring substituents is 1. The summed E-state index contributed by atoms with van der Waals surface area (Å²) >= 11 is 0. The number of halogens is 1. The molecule has 0 bridgehead atoms. The number of benzene rings is 2. The Labute approximate surface area is 180 Å². The molecular weight excluding hydrogens is 427 g/mol. The smallest absolute Gasteiger partial charge is 0.355 e. The summed E-state index contributed by atoms with van der Waals surface area (Å²) < 4.78 is 29.1. The molecule has 0 spiro atoms.